The molecule has 2 heterocycles. The van der Waals surface area contributed by atoms with E-state index in [0.29, 0.717) is 17.1 Å². The number of hydrogen-bond acceptors (Lipinski definition) is 4. The summed E-state index contributed by atoms with van der Waals surface area (Å²) in [6.45, 7) is 0.292. The minimum Gasteiger partial charge on any atom is -0.510 e. The Labute approximate surface area is 145 Å². The first-order chi connectivity index (χ1) is 11.1. The number of aromatic nitrogens is 1. The molecule has 6 heteroatoms. The third-order valence-corrected chi connectivity index (χ3v) is 5.28. The topological polar surface area (TPSA) is 60.2 Å². The van der Waals surface area contributed by atoms with E-state index in [2.05, 4.69) is 20.9 Å². The second-order valence-electron chi connectivity index (χ2n) is 5.22. The molecular weight excluding hydrogens is 374 g/mol. The highest BCUT2D eigenvalue weighted by molar-refractivity contribution is 9.10. The summed E-state index contributed by atoms with van der Waals surface area (Å²) in [7, 11) is 0. The first-order valence-corrected chi connectivity index (χ1v) is 8.64. The van der Waals surface area contributed by atoms with E-state index in [1.165, 1.54) is 11.3 Å². The molecule has 114 valence electrons. The van der Waals surface area contributed by atoms with E-state index in [9.17, 15) is 5.11 Å². The zero-order valence-corrected chi connectivity index (χ0v) is 14.4. The number of anilines is 1. The largest absolute Gasteiger partial charge is 0.510 e. The molecule has 3 aromatic rings. The quantitative estimate of drug-likeness (QED) is 0.664. The van der Waals surface area contributed by atoms with Crippen LogP contribution < -0.4 is 4.90 Å². The maximum atomic E-state index is 10.4. The van der Waals surface area contributed by atoms with Crippen LogP contribution in [0.25, 0.3) is 15.8 Å². The number of thiazole rings is 1. The Morgan fingerprint density at radius 1 is 1.17 bits per heavy atom. The van der Waals surface area contributed by atoms with Crippen molar-refractivity contribution in [2.45, 2.75) is 0 Å². The van der Waals surface area contributed by atoms with Crippen molar-refractivity contribution >= 4 is 54.6 Å². The van der Waals surface area contributed by atoms with Crippen LogP contribution in [0.5, 0.6) is 0 Å². The minimum atomic E-state index is 0.189. The Morgan fingerprint density at radius 2 is 2.00 bits per heavy atom. The molecule has 0 aliphatic carbocycles. The average Bonchev–Trinajstić information content (AvgIpc) is 3.07. The smallest absolute Gasteiger partial charge is 0.139 e. The molecule has 1 aliphatic rings. The van der Waals surface area contributed by atoms with Crippen molar-refractivity contribution in [3.05, 3.63) is 63.8 Å². The van der Waals surface area contributed by atoms with Gasteiger partial charge < -0.3 is 10.0 Å². The molecule has 4 nitrogen and oxygen atoms in total. The van der Waals surface area contributed by atoms with Gasteiger partial charge in [-0.25, -0.2) is 4.98 Å². The molecule has 0 atom stereocenters. The third kappa shape index (κ3) is 2.44. The Hall–Kier alpha value is -2.18. The molecule has 0 bridgehead atoms. The molecule has 0 unspecified atom stereocenters. The van der Waals surface area contributed by atoms with Gasteiger partial charge in [0.25, 0.3) is 0 Å². The lowest BCUT2D eigenvalue weighted by Gasteiger charge is -2.18. The molecule has 0 saturated heterocycles. The van der Waals surface area contributed by atoms with Crippen LogP contribution in [0.15, 0.2) is 58.8 Å². The highest BCUT2D eigenvalue weighted by atomic mass is 79.9. The summed E-state index contributed by atoms with van der Waals surface area (Å²) in [5, 5.41) is 19.5. The van der Waals surface area contributed by atoms with Gasteiger partial charge in [-0.05, 0) is 30.3 Å². The summed E-state index contributed by atoms with van der Waals surface area (Å²) in [5.74, 6) is 0.466. The molecule has 0 saturated carbocycles. The Bertz CT molecular complexity index is 930. The fraction of sp³-hybridized carbons (Fsp3) is 0.0588. The molecule has 0 amide bonds. The standard InChI is InChI=1S/C17H12BrN3OS/c18-10-4-3-5-11(8-10)21-9-13(22)15(16(21)19)17-20-12-6-1-2-7-14(12)23-17/h1-8,19,22H,9H2. The van der Waals surface area contributed by atoms with Gasteiger partial charge >= 0.3 is 0 Å². The van der Waals surface area contributed by atoms with Gasteiger partial charge in [-0.1, -0.05) is 34.1 Å². The molecule has 23 heavy (non-hydrogen) atoms. The van der Waals surface area contributed by atoms with Gasteiger partial charge in [0.05, 0.1) is 22.3 Å². The zero-order chi connectivity index (χ0) is 16.0. The number of amidine groups is 1. The van der Waals surface area contributed by atoms with E-state index in [-0.39, 0.29) is 11.6 Å². The highest BCUT2D eigenvalue weighted by Gasteiger charge is 2.31. The number of nitrogens with one attached hydrogen (secondary N) is 1. The van der Waals surface area contributed by atoms with Crippen LogP contribution in [0.1, 0.15) is 5.01 Å². The number of benzene rings is 2. The van der Waals surface area contributed by atoms with Crippen LogP contribution in [0.4, 0.5) is 5.69 Å². The summed E-state index contributed by atoms with van der Waals surface area (Å²) in [6.07, 6.45) is 0. The monoisotopic (exact) mass is 385 g/mol. The van der Waals surface area contributed by atoms with E-state index >= 15 is 0 Å². The summed E-state index contributed by atoms with van der Waals surface area (Å²) in [6, 6.07) is 15.6. The second-order valence-corrected chi connectivity index (χ2v) is 7.17. The van der Waals surface area contributed by atoms with Crippen molar-refractivity contribution < 1.29 is 5.11 Å². The van der Waals surface area contributed by atoms with Crippen molar-refractivity contribution in [2.24, 2.45) is 0 Å². The van der Waals surface area contributed by atoms with Crippen molar-refractivity contribution in [1.29, 1.82) is 5.41 Å². The van der Waals surface area contributed by atoms with Crippen LogP contribution in [-0.4, -0.2) is 22.5 Å². The van der Waals surface area contributed by atoms with Gasteiger partial charge in [-0.3, -0.25) is 5.41 Å². The zero-order valence-electron chi connectivity index (χ0n) is 12.0. The Balaban J connectivity index is 1.74. The van der Waals surface area contributed by atoms with Crippen LogP contribution in [0.3, 0.4) is 0 Å². The number of para-hydroxylation sites is 1. The molecule has 2 N–H and O–H groups in total. The van der Waals surface area contributed by atoms with E-state index in [1.54, 1.807) is 4.90 Å². The van der Waals surface area contributed by atoms with Crippen LogP contribution in [0, 0.1) is 5.41 Å². The van der Waals surface area contributed by atoms with Gasteiger partial charge in [-0.15, -0.1) is 11.3 Å². The van der Waals surface area contributed by atoms with Crippen LogP contribution >= 0.6 is 27.3 Å². The fourth-order valence-corrected chi connectivity index (χ4v) is 4.07. The molecule has 1 aromatic heterocycles. The average molecular weight is 386 g/mol. The molecule has 0 fully saturated rings. The number of nitrogens with zero attached hydrogens (tertiary/aromatic N) is 2. The summed E-state index contributed by atoms with van der Waals surface area (Å²) >= 11 is 4.94. The van der Waals surface area contributed by atoms with Gasteiger partial charge in [0, 0.05) is 10.2 Å². The third-order valence-electron chi connectivity index (χ3n) is 3.73. The molecular formula is C17H12BrN3OS. The van der Waals surface area contributed by atoms with Crippen molar-refractivity contribution in [2.75, 3.05) is 11.4 Å². The number of hydrogen-bond donors (Lipinski definition) is 2. The van der Waals surface area contributed by atoms with Crippen molar-refractivity contribution in [3.63, 3.8) is 0 Å². The lowest BCUT2D eigenvalue weighted by atomic mass is 10.2. The summed E-state index contributed by atoms with van der Waals surface area (Å²) < 4.78 is 1.99. The van der Waals surface area contributed by atoms with Gasteiger partial charge in [0.2, 0.25) is 0 Å². The number of rotatable bonds is 2. The lowest BCUT2D eigenvalue weighted by molar-refractivity contribution is 0.411. The lowest BCUT2D eigenvalue weighted by Crippen LogP contribution is -2.25. The van der Waals surface area contributed by atoms with E-state index in [0.717, 1.165) is 20.4 Å². The molecule has 0 radical (unpaired) electrons. The summed E-state index contributed by atoms with van der Waals surface area (Å²) in [4.78, 5) is 6.34. The van der Waals surface area contributed by atoms with Crippen molar-refractivity contribution in [1.82, 2.24) is 4.98 Å². The van der Waals surface area contributed by atoms with Crippen LogP contribution in [-0.2, 0) is 0 Å². The molecule has 2 aromatic carbocycles. The fourth-order valence-electron chi connectivity index (χ4n) is 2.65. The maximum Gasteiger partial charge on any atom is 0.139 e. The number of halogens is 1. The maximum absolute atomic E-state index is 10.4. The number of aliphatic hydroxyl groups excluding tert-OH is 1. The number of fused-ring (bicyclic) bond motifs is 1. The van der Waals surface area contributed by atoms with Gasteiger partial charge in [0.15, 0.2) is 0 Å². The number of aliphatic hydroxyl groups is 1. The first kappa shape index (κ1) is 14.4. The molecule has 1 aliphatic heterocycles. The Morgan fingerprint density at radius 3 is 2.78 bits per heavy atom. The van der Waals surface area contributed by atoms with Crippen molar-refractivity contribution in [3.8, 4) is 0 Å². The van der Waals surface area contributed by atoms with E-state index in [1.807, 2.05) is 48.5 Å². The second kappa shape index (κ2) is 5.47. The van der Waals surface area contributed by atoms with E-state index in [4.69, 9.17) is 5.41 Å². The predicted octanol–water partition coefficient (Wildman–Crippen LogP) is 4.83. The SMILES string of the molecule is N=C1C(c2nc3ccccc3s2)=C(O)CN1c1cccc(Br)c1. The van der Waals surface area contributed by atoms with Crippen LogP contribution in [0.2, 0.25) is 0 Å². The highest BCUT2D eigenvalue weighted by Crippen LogP contribution is 2.35. The van der Waals surface area contributed by atoms with E-state index < -0.39 is 0 Å². The minimum absolute atomic E-state index is 0.189. The predicted molar refractivity (Wildman–Crippen MR) is 98.4 cm³/mol. The normalized spacial score (nSPS) is 15.0. The van der Waals surface area contributed by atoms with Gasteiger partial charge in [0.1, 0.15) is 16.6 Å². The molecule has 4 rings (SSSR count). The summed E-state index contributed by atoms with van der Waals surface area (Å²) in [5.41, 5.74) is 2.28. The van der Waals surface area contributed by atoms with Gasteiger partial charge in [-0.2, -0.15) is 0 Å². The first-order valence-electron chi connectivity index (χ1n) is 7.03. The molecule has 0 spiro atoms. The Kier molecular flexibility index (Phi) is 3.43.